The van der Waals surface area contributed by atoms with E-state index in [0.717, 1.165) is 48.7 Å². The zero-order valence-electron chi connectivity index (χ0n) is 29.7. The van der Waals surface area contributed by atoms with Crippen LogP contribution in [0, 0.1) is 36.3 Å². The molecule has 3 aliphatic rings. The van der Waals surface area contributed by atoms with Crippen LogP contribution in [-0.2, 0) is 26.2 Å². The number of carboxylic acid groups (broad SMARTS) is 1. The summed E-state index contributed by atoms with van der Waals surface area (Å²) in [6, 6.07) is 10.3. The number of hydrogen-bond donors (Lipinski definition) is 2. The van der Waals surface area contributed by atoms with E-state index in [0.29, 0.717) is 49.1 Å². The van der Waals surface area contributed by atoms with Gasteiger partial charge in [0.25, 0.3) is 0 Å². The second kappa shape index (κ2) is 14.8. The third-order valence-corrected chi connectivity index (χ3v) is 11.8. The number of nitrogens with one attached hydrogen (secondary N) is 1. The Balaban J connectivity index is 1.22. The summed E-state index contributed by atoms with van der Waals surface area (Å²) in [5, 5.41) is 13.6. The third kappa shape index (κ3) is 7.32. The molecule has 3 fully saturated rings. The first-order valence-electron chi connectivity index (χ1n) is 18.4. The number of aromatic nitrogens is 1. The molecule has 10 heteroatoms. The fourth-order valence-electron chi connectivity index (χ4n) is 8.88. The Bertz CT molecular complexity index is 1700. The summed E-state index contributed by atoms with van der Waals surface area (Å²) in [5.41, 5.74) is 2.15. The second-order valence-electron chi connectivity index (χ2n) is 15.4. The van der Waals surface area contributed by atoms with Gasteiger partial charge in [-0.1, -0.05) is 19.1 Å². The number of amides is 2. The van der Waals surface area contributed by atoms with E-state index in [9.17, 15) is 28.3 Å². The van der Waals surface area contributed by atoms with Gasteiger partial charge in [-0.2, -0.15) is 0 Å². The molecule has 6 rings (SSSR count). The van der Waals surface area contributed by atoms with E-state index in [4.69, 9.17) is 4.74 Å². The number of nitrogens with zero attached hydrogens (tertiary/aromatic N) is 2. The molecule has 270 valence electrons. The molecular formula is C40H51F2N3O5. The fraction of sp³-hybridized carbons (Fsp3) is 0.575. The summed E-state index contributed by atoms with van der Waals surface area (Å²) >= 11 is 0. The van der Waals surface area contributed by atoms with Crippen molar-refractivity contribution in [3.05, 3.63) is 70.9 Å². The minimum Gasteiger partial charge on any atom is -0.481 e. The number of likely N-dealkylation sites (tertiary alicyclic amines) is 1. The SMILES string of the molecule is Cc1c(CC2CCC(OC(C)C)CC2)c2ccc(F)cc2n1C(=O)N1CCC(C(=O)N[C@H]2CC[C@H](C(=O)O)C[C@@H]2C)(c2ccc(F)cc2)CC1. The summed E-state index contributed by atoms with van der Waals surface area (Å²) in [7, 11) is 0. The summed E-state index contributed by atoms with van der Waals surface area (Å²) in [6.07, 6.45) is 7.61. The predicted octanol–water partition coefficient (Wildman–Crippen LogP) is 7.76. The molecule has 3 atom stereocenters. The van der Waals surface area contributed by atoms with Crippen molar-refractivity contribution in [2.45, 2.75) is 116 Å². The van der Waals surface area contributed by atoms with Crippen molar-refractivity contribution in [1.82, 2.24) is 14.8 Å². The fourth-order valence-corrected chi connectivity index (χ4v) is 8.88. The van der Waals surface area contributed by atoms with E-state index in [1.165, 1.54) is 24.3 Å². The quantitative estimate of drug-likeness (QED) is 0.252. The van der Waals surface area contributed by atoms with Crippen LogP contribution in [0.4, 0.5) is 13.6 Å². The molecular weight excluding hydrogens is 640 g/mol. The van der Waals surface area contributed by atoms with E-state index in [2.05, 4.69) is 19.2 Å². The van der Waals surface area contributed by atoms with Crippen LogP contribution in [0.3, 0.4) is 0 Å². The van der Waals surface area contributed by atoms with Crippen molar-refractivity contribution in [2.75, 3.05) is 13.1 Å². The highest BCUT2D eigenvalue weighted by Gasteiger charge is 2.46. The number of carbonyl (C=O) groups excluding carboxylic acids is 2. The number of rotatable bonds is 8. The maximum absolute atomic E-state index is 14.7. The number of aliphatic carboxylic acids is 1. The zero-order valence-corrected chi connectivity index (χ0v) is 29.7. The number of carboxylic acids is 1. The van der Waals surface area contributed by atoms with Gasteiger partial charge < -0.3 is 20.1 Å². The zero-order chi connectivity index (χ0) is 35.7. The summed E-state index contributed by atoms with van der Waals surface area (Å²) < 4.78 is 36.4. The molecule has 2 saturated carbocycles. The number of ether oxygens (including phenoxy) is 1. The summed E-state index contributed by atoms with van der Waals surface area (Å²) in [5.74, 6) is -1.76. The average molecular weight is 692 g/mol. The minimum absolute atomic E-state index is 0.0104. The number of benzene rings is 2. The second-order valence-corrected chi connectivity index (χ2v) is 15.4. The van der Waals surface area contributed by atoms with Gasteiger partial charge in [0.05, 0.1) is 29.1 Å². The maximum Gasteiger partial charge on any atom is 0.328 e. The first kappa shape index (κ1) is 36.0. The smallest absolute Gasteiger partial charge is 0.328 e. The van der Waals surface area contributed by atoms with Crippen LogP contribution in [0.1, 0.15) is 95.4 Å². The number of hydrogen-bond acceptors (Lipinski definition) is 4. The molecule has 1 saturated heterocycles. The van der Waals surface area contributed by atoms with Gasteiger partial charge in [-0.3, -0.25) is 14.2 Å². The number of piperidine rings is 1. The van der Waals surface area contributed by atoms with Crippen LogP contribution in [-0.4, -0.2) is 63.8 Å². The molecule has 2 aliphatic carbocycles. The summed E-state index contributed by atoms with van der Waals surface area (Å²) in [4.78, 5) is 41.9. The average Bonchev–Trinajstić information content (AvgIpc) is 3.35. The van der Waals surface area contributed by atoms with E-state index in [1.54, 1.807) is 27.7 Å². The predicted molar refractivity (Wildman–Crippen MR) is 188 cm³/mol. The van der Waals surface area contributed by atoms with Crippen LogP contribution < -0.4 is 5.32 Å². The Kier molecular flexibility index (Phi) is 10.7. The first-order valence-corrected chi connectivity index (χ1v) is 18.4. The van der Waals surface area contributed by atoms with Gasteiger partial charge in [-0.15, -0.1) is 0 Å². The van der Waals surface area contributed by atoms with Gasteiger partial charge in [0, 0.05) is 30.2 Å². The van der Waals surface area contributed by atoms with Gasteiger partial charge in [-0.25, -0.2) is 13.6 Å². The van der Waals surface area contributed by atoms with Crippen LogP contribution in [0.15, 0.2) is 42.5 Å². The maximum atomic E-state index is 14.7. The third-order valence-electron chi connectivity index (χ3n) is 11.8. The standard InChI is InChI=1S/C40H51F2N3O5/c1-24(2)50-32-13-5-27(6-14-32)22-34-26(4)45(36-23-31(42)12-15-33(34)36)39(49)44-19-17-40(18-20-44,29-8-10-30(41)11-9-29)38(48)43-35-16-7-28(37(46)47)21-25(35)3/h8-12,15,23-25,27-28,32,35H,5-7,13-14,16-22H2,1-4H3,(H,43,48)(H,46,47)/t25-,27?,28-,32?,35-/m0/s1. The van der Waals surface area contributed by atoms with E-state index in [1.807, 2.05) is 13.8 Å². The molecule has 0 radical (unpaired) electrons. The van der Waals surface area contributed by atoms with Gasteiger partial charge in [0.15, 0.2) is 0 Å². The molecule has 0 unspecified atom stereocenters. The monoisotopic (exact) mass is 691 g/mol. The Hall–Kier alpha value is -3.79. The summed E-state index contributed by atoms with van der Waals surface area (Å²) in [6.45, 7) is 8.62. The molecule has 50 heavy (non-hydrogen) atoms. The number of carbonyl (C=O) groups is 3. The van der Waals surface area contributed by atoms with Crippen LogP contribution in [0.2, 0.25) is 0 Å². The molecule has 3 aromatic rings. The van der Waals surface area contributed by atoms with Crippen molar-refractivity contribution >= 4 is 28.8 Å². The van der Waals surface area contributed by atoms with Crippen molar-refractivity contribution in [1.29, 1.82) is 0 Å². The van der Waals surface area contributed by atoms with E-state index < -0.39 is 28.9 Å². The molecule has 8 nitrogen and oxygen atoms in total. The van der Waals surface area contributed by atoms with Crippen LogP contribution in [0.5, 0.6) is 0 Å². The number of halogens is 2. The van der Waals surface area contributed by atoms with Gasteiger partial charge in [-0.05, 0) is 138 Å². The van der Waals surface area contributed by atoms with Gasteiger partial charge in [0.1, 0.15) is 11.6 Å². The van der Waals surface area contributed by atoms with Gasteiger partial charge >= 0.3 is 12.0 Å². The highest BCUT2D eigenvalue weighted by atomic mass is 19.1. The highest BCUT2D eigenvalue weighted by molar-refractivity contribution is 5.96. The molecule has 2 aromatic carbocycles. The Morgan fingerprint density at radius 3 is 2.24 bits per heavy atom. The van der Waals surface area contributed by atoms with E-state index >= 15 is 0 Å². The van der Waals surface area contributed by atoms with Crippen LogP contribution >= 0.6 is 0 Å². The van der Waals surface area contributed by atoms with Crippen molar-refractivity contribution in [3.63, 3.8) is 0 Å². The molecule has 2 N–H and O–H groups in total. The Labute approximate surface area is 293 Å². The lowest BCUT2D eigenvalue weighted by Crippen LogP contribution is -2.56. The molecule has 2 amide bonds. The lowest BCUT2D eigenvalue weighted by molar-refractivity contribution is -0.143. The lowest BCUT2D eigenvalue weighted by Gasteiger charge is -2.43. The van der Waals surface area contributed by atoms with E-state index in [-0.39, 0.29) is 49.2 Å². The largest absolute Gasteiger partial charge is 0.481 e. The Morgan fingerprint density at radius 1 is 0.960 bits per heavy atom. The normalized spacial score (nSPS) is 25.5. The van der Waals surface area contributed by atoms with Gasteiger partial charge in [0.2, 0.25) is 5.91 Å². The van der Waals surface area contributed by atoms with Crippen molar-refractivity contribution in [2.24, 2.45) is 17.8 Å². The molecule has 1 aliphatic heterocycles. The topological polar surface area (TPSA) is 101 Å². The van der Waals surface area contributed by atoms with Crippen molar-refractivity contribution < 1.29 is 33.0 Å². The molecule has 1 aromatic heterocycles. The minimum atomic E-state index is -0.989. The van der Waals surface area contributed by atoms with Crippen molar-refractivity contribution in [3.8, 4) is 0 Å². The number of fused-ring (bicyclic) bond motifs is 1. The lowest BCUT2D eigenvalue weighted by atomic mass is 9.71. The highest BCUT2D eigenvalue weighted by Crippen LogP contribution is 2.39. The molecule has 0 spiro atoms. The molecule has 2 heterocycles. The molecule has 0 bridgehead atoms. The first-order chi connectivity index (χ1) is 23.9. The van der Waals surface area contributed by atoms with Crippen LogP contribution in [0.25, 0.3) is 10.9 Å². The Morgan fingerprint density at radius 2 is 1.62 bits per heavy atom.